The molecule has 5 nitrogen and oxygen atoms in total. The predicted molar refractivity (Wildman–Crippen MR) is 60.7 cm³/mol. The molecule has 1 aliphatic carbocycles. The largest absolute Gasteiger partial charge is 0.382 e. The molecule has 0 aromatic carbocycles. The molecule has 0 unspecified atom stereocenters. The van der Waals surface area contributed by atoms with Gasteiger partial charge in [-0.3, -0.25) is 4.79 Å². The van der Waals surface area contributed by atoms with Gasteiger partial charge in [-0.15, -0.1) is 0 Å². The zero-order valence-corrected chi connectivity index (χ0v) is 9.31. The van der Waals surface area contributed by atoms with Gasteiger partial charge in [-0.25, -0.2) is 9.97 Å². The van der Waals surface area contributed by atoms with Crippen LogP contribution in [0, 0.1) is 5.92 Å². The normalized spacial score (nSPS) is 24.3. The Kier molecular flexibility index (Phi) is 3.03. The molecule has 16 heavy (non-hydrogen) atoms. The first kappa shape index (κ1) is 10.9. The number of nitrogens with one attached hydrogen (secondary N) is 1. The van der Waals surface area contributed by atoms with E-state index in [-0.39, 0.29) is 23.5 Å². The fourth-order valence-corrected chi connectivity index (χ4v) is 2.12. The van der Waals surface area contributed by atoms with Gasteiger partial charge >= 0.3 is 0 Å². The molecule has 1 fully saturated rings. The Labute approximate surface area is 94.5 Å². The van der Waals surface area contributed by atoms with Gasteiger partial charge in [-0.2, -0.15) is 0 Å². The van der Waals surface area contributed by atoms with Crippen LogP contribution in [0.15, 0.2) is 12.4 Å². The highest BCUT2D eigenvalue weighted by molar-refractivity contribution is 5.96. The van der Waals surface area contributed by atoms with Crippen LogP contribution < -0.4 is 11.1 Å². The van der Waals surface area contributed by atoms with E-state index in [0.29, 0.717) is 5.92 Å². The summed E-state index contributed by atoms with van der Waals surface area (Å²) in [7, 11) is 0. The molecule has 86 valence electrons. The van der Waals surface area contributed by atoms with Gasteiger partial charge in [0.15, 0.2) is 11.5 Å². The standard InChI is InChI=1S/C11H16N4O/c1-7-3-2-4-8(7)15-11(16)9-10(12)14-6-5-13-9/h5-8H,2-4H2,1H3,(H2,12,14)(H,15,16)/t7-,8-/m1/s1. The van der Waals surface area contributed by atoms with E-state index in [4.69, 9.17) is 5.73 Å². The van der Waals surface area contributed by atoms with E-state index in [2.05, 4.69) is 22.2 Å². The molecular formula is C11H16N4O. The van der Waals surface area contributed by atoms with E-state index < -0.39 is 0 Å². The van der Waals surface area contributed by atoms with E-state index in [1.54, 1.807) is 0 Å². The topological polar surface area (TPSA) is 80.9 Å². The van der Waals surface area contributed by atoms with Gasteiger partial charge in [-0.1, -0.05) is 13.3 Å². The lowest BCUT2D eigenvalue weighted by Gasteiger charge is -2.17. The number of anilines is 1. The minimum atomic E-state index is -0.218. The van der Waals surface area contributed by atoms with Crippen molar-refractivity contribution in [2.45, 2.75) is 32.2 Å². The monoisotopic (exact) mass is 220 g/mol. The number of amides is 1. The predicted octanol–water partition coefficient (Wildman–Crippen LogP) is 0.977. The zero-order chi connectivity index (χ0) is 11.5. The SMILES string of the molecule is C[C@@H]1CCC[C@H]1NC(=O)c1nccnc1N. The average Bonchev–Trinajstić information content (AvgIpc) is 2.65. The molecule has 1 aromatic heterocycles. The molecule has 2 rings (SSSR count). The second-order valence-electron chi connectivity index (χ2n) is 4.28. The van der Waals surface area contributed by atoms with Crippen LogP contribution in [-0.4, -0.2) is 21.9 Å². The Morgan fingerprint density at radius 2 is 2.19 bits per heavy atom. The highest BCUT2D eigenvalue weighted by atomic mass is 16.2. The summed E-state index contributed by atoms with van der Waals surface area (Å²) in [4.78, 5) is 19.7. The third-order valence-electron chi connectivity index (χ3n) is 3.12. The first-order valence-electron chi connectivity index (χ1n) is 5.56. The fourth-order valence-electron chi connectivity index (χ4n) is 2.12. The van der Waals surface area contributed by atoms with Gasteiger partial charge in [-0.05, 0) is 18.8 Å². The van der Waals surface area contributed by atoms with Gasteiger partial charge in [0, 0.05) is 18.4 Å². The van der Waals surface area contributed by atoms with Crippen LogP contribution in [0.2, 0.25) is 0 Å². The summed E-state index contributed by atoms with van der Waals surface area (Å²) in [5.41, 5.74) is 5.82. The van der Waals surface area contributed by atoms with Crippen molar-refractivity contribution in [2.24, 2.45) is 5.92 Å². The van der Waals surface area contributed by atoms with Crippen molar-refractivity contribution in [3.05, 3.63) is 18.1 Å². The molecule has 0 saturated heterocycles. The van der Waals surface area contributed by atoms with Crippen LogP contribution in [0.3, 0.4) is 0 Å². The Hall–Kier alpha value is -1.65. The Bertz CT molecular complexity index is 393. The number of hydrogen-bond acceptors (Lipinski definition) is 4. The fraction of sp³-hybridized carbons (Fsp3) is 0.545. The van der Waals surface area contributed by atoms with Gasteiger partial charge in [0.05, 0.1) is 0 Å². The number of nitrogens with two attached hydrogens (primary N) is 1. The highest BCUT2D eigenvalue weighted by Gasteiger charge is 2.26. The highest BCUT2D eigenvalue weighted by Crippen LogP contribution is 2.25. The smallest absolute Gasteiger partial charge is 0.273 e. The van der Waals surface area contributed by atoms with Crippen LogP contribution in [0.5, 0.6) is 0 Å². The Balaban J connectivity index is 2.06. The maximum atomic E-state index is 11.9. The maximum absolute atomic E-state index is 11.9. The molecule has 0 spiro atoms. The van der Waals surface area contributed by atoms with Crippen LogP contribution in [-0.2, 0) is 0 Å². The number of aromatic nitrogens is 2. The van der Waals surface area contributed by atoms with E-state index in [0.717, 1.165) is 6.42 Å². The third-order valence-corrected chi connectivity index (χ3v) is 3.12. The lowest BCUT2D eigenvalue weighted by molar-refractivity contribution is 0.0925. The average molecular weight is 220 g/mol. The van der Waals surface area contributed by atoms with E-state index in [1.807, 2.05) is 0 Å². The summed E-state index contributed by atoms with van der Waals surface area (Å²) in [5, 5.41) is 2.96. The molecule has 1 amide bonds. The summed E-state index contributed by atoms with van der Waals surface area (Å²) in [6.07, 6.45) is 6.32. The zero-order valence-electron chi connectivity index (χ0n) is 9.31. The summed E-state index contributed by atoms with van der Waals surface area (Å²) >= 11 is 0. The molecule has 3 N–H and O–H groups in total. The summed E-state index contributed by atoms with van der Waals surface area (Å²) < 4.78 is 0. The van der Waals surface area contributed by atoms with Gasteiger partial charge < -0.3 is 11.1 Å². The summed E-state index contributed by atoms with van der Waals surface area (Å²) in [6, 6.07) is 0.244. The maximum Gasteiger partial charge on any atom is 0.273 e. The summed E-state index contributed by atoms with van der Waals surface area (Å²) in [6.45, 7) is 2.15. The molecular weight excluding hydrogens is 204 g/mol. The van der Waals surface area contributed by atoms with Gasteiger partial charge in [0.2, 0.25) is 0 Å². The van der Waals surface area contributed by atoms with E-state index >= 15 is 0 Å². The molecule has 5 heteroatoms. The van der Waals surface area contributed by atoms with Crippen molar-refractivity contribution in [1.29, 1.82) is 0 Å². The second kappa shape index (κ2) is 4.47. The quantitative estimate of drug-likeness (QED) is 0.778. The number of nitrogens with zero attached hydrogens (tertiary/aromatic N) is 2. The number of carbonyl (C=O) groups is 1. The minimum Gasteiger partial charge on any atom is -0.382 e. The van der Waals surface area contributed by atoms with Crippen molar-refractivity contribution < 1.29 is 4.79 Å². The number of rotatable bonds is 2. The van der Waals surface area contributed by atoms with Crippen molar-refractivity contribution in [3.8, 4) is 0 Å². The van der Waals surface area contributed by atoms with Crippen LogP contribution in [0.25, 0.3) is 0 Å². The Morgan fingerprint density at radius 3 is 2.81 bits per heavy atom. The number of nitrogen functional groups attached to an aromatic ring is 1. The lowest BCUT2D eigenvalue weighted by atomic mass is 10.1. The second-order valence-corrected chi connectivity index (χ2v) is 4.28. The summed E-state index contributed by atoms with van der Waals surface area (Å²) in [5.74, 6) is 0.497. The molecule has 1 saturated carbocycles. The number of carbonyl (C=O) groups excluding carboxylic acids is 1. The van der Waals surface area contributed by atoms with Crippen LogP contribution in [0.4, 0.5) is 5.82 Å². The van der Waals surface area contributed by atoms with E-state index in [9.17, 15) is 4.79 Å². The van der Waals surface area contributed by atoms with Gasteiger partial charge in [0.1, 0.15) is 0 Å². The van der Waals surface area contributed by atoms with Gasteiger partial charge in [0.25, 0.3) is 5.91 Å². The van der Waals surface area contributed by atoms with Crippen molar-refractivity contribution in [1.82, 2.24) is 15.3 Å². The molecule has 1 heterocycles. The first-order chi connectivity index (χ1) is 7.68. The molecule has 0 radical (unpaired) electrons. The van der Waals surface area contributed by atoms with Crippen LogP contribution in [0.1, 0.15) is 36.7 Å². The van der Waals surface area contributed by atoms with E-state index in [1.165, 1.54) is 25.2 Å². The molecule has 0 bridgehead atoms. The van der Waals surface area contributed by atoms with Crippen molar-refractivity contribution in [2.75, 3.05) is 5.73 Å². The first-order valence-corrected chi connectivity index (χ1v) is 5.56. The van der Waals surface area contributed by atoms with Crippen molar-refractivity contribution in [3.63, 3.8) is 0 Å². The number of hydrogen-bond donors (Lipinski definition) is 2. The van der Waals surface area contributed by atoms with Crippen molar-refractivity contribution >= 4 is 11.7 Å². The Morgan fingerprint density at radius 1 is 1.44 bits per heavy atom. The third kappa shape index (κ3) is 2.13. The molecule has 0 aliphatic heterocycles. The van der Waals surface area contributed by atoms with Crippen LogP contribution >= 0.6 is 0 Å². The lowest BCUT2D eigenvalue weighted by Crippen LogP contribution is -2.37. The molecule has 1 aliphatic rings. The molecule has 1 aromatic rings. The molecule has 2 atom stereocenters. The minimum absolute atomic E-state index is 0.186.